The minimum Gasteiger partial charge on any atom is -0.394 e. The van der Waals surface area contributed by atoms with Crippen LogP contribution in [0.25, 0.3) is 0 Å². The summed E-state index contributed by atoms with van der Waals surface area (Å²) in [5.41, 5.74) is 0. The standard InChI is InChI=1S/C9H18O9S/c1-4(2)17-9(19(14,15)16)8(13)7(12)6(11)5(3-10)18-9/h4-8,10-13H,3H2,1-2H3,(H,14,15,16)/t5-,6+,7+,8-,9?/m1/s1. The maximum atomic E-state index is 11.4. The van der Waals surface area contributed by atoms with Gasteiger partial charge in [-0.3, -0.25) is 4.55 Å². The van der Waals surface area contributed by atoms with Crippen LogP contribution in [0.3, 0.4) is 0 Å². The molecule has 1 aliphatic rings. The van der Waals surface area contributed by atoms with Crippen LogP contribution in [0, 0.1) is 0 Å². The van der Waals surface area contributed by atoms with Gasteiger partial charge in [-0.25, -0.2) is 0 Å². The van der Waals surface area contributed by atoms with Crippen LogP contribution in [-0.4, -0.2) is 75.6 Å². The Morgan fingerprint density at radius 1 is 1.26 bits per heavy atom. The Hall–Kier alpha value is -0.330. The molecule has 1 unspecified atom stereocenters. The van der Waals surface area contributed by atoms with Gasteiger partial charge in [-0.15, -0.1) is 0 Å². The van der Waals surface area contributed by atoms with Crippen LogP contribution >= 0.6 is 0 Å². The van der Waals surface area contributed by atoms with Crippen LogP contribution < -0.4 is 0 Å². The second-order valence-corrected chi connectivity index (χ2v) is 6.03. The fourth-order valence-electron chi connectivity index (χ4n) is 1.81. The van der Waals surface area contributed by atoms with Crippen molar-refractivity contribution in [1.82, 2.24) is 0 Å². The maximum absolute atomic E-state index is 11.4. The lowest BCUT2D eigenvalue weighted by molar-refractivity contribution is -0.333. The number of hydrogen-bond donors (Lipinski definition) is 5. The van der Waals surface area contributed by atoms with Gasteiger partial charge in [0.25, 0.3) is 0 Å². The van der Waals surface area contributed by atoms with E-state index in [1.54, 1.807) is 0 Å². The van der Waals surface area contributed by atoms with Gasteiger partial charge in [-0.2, -0.15) is 8.42 Å². The normalized spacial score (nSPS) is 40.6. The summed E-state index contributed by atoms with van der Waals surface area (Å²) in [5, 5.41) is 34.9. The summed E-state index contributed by atoms with van der Waals surface area (Å²) in [6.45, 7) is 1.98. The molecule has 1 rings (SSSR count). The summed E-state index contributed by atoms with van der Waals surface area (Å²) in [6.07, 6.45) is -8.29. The van der Waals surface area contributed by atoms with Gasteiger partial charge >= 0.3 is 15.2 Å². The largest absolute Gasteiger partial charge is 0.394 e. The van der Waals surface area contributed by atoms with Gasteiger partial charge in [0.2, 0.25) is 0 Å². The van der Waals surface area contributed by atoms with E-state index < -0.39 is 52.4 Å². The maximum Gasteiger partial charge on any atom is 0.330 e. The van der Waals surface area contributed by atoms with Crippen LogP contribution in [0.1, 0.15) is 13.8 Å². The molecule has 19 heavy (non-hydrogen) atoms. The van der Waals surface area contributed by atoms with Gasteiger partial charge in [0.05, 0.1) is 12.7 Å². The van der Waals surface area contributed by atoms with Gasteiger partial charge in [0, 0.05) is 0 Å². The van der Waals surface area contributed by atoms with Crippen molar-refractivity contribution in [2.75, 3.05) is 6.61 Å². The molecule has 0 amide bonds. The van der Waals surface area contributed by atoms with E-state index >= 15 is 0 Å². The summed E-state index contributed by atoms with van der Waals surface area (Å²) in [4.78, 5) is 0. The second-order valence-electron chi connectivity index (χ2n) is 4.51. The SMILES string of the molecule is CC(C)OC1(S(=O)(=O)O)O[C@H](CO)[C@H](O)[C@H](O)[C@H]1O. The molecule has 114 valence electrons. The highest BCUT2D eigenvalue weighted by Crippen LogP contribution is 2.36. The average molecular weight is 302 g/mol. The Morgan fingerprint density at radius 2 is 1.79 bits per heavy atom. The Labute approximate surface area is 110 Å². The Kier molecular flexibility index (Phi) is 4.91. The van der Waals surface area contributed by atoms with Crippen molar-refractivity contribution in [2.45, 2.75) is 49.5 Å². The van der Waals surface area contributed by atoms with Crippen molar-refractivity contribution < 1.29 is 42.9 Å². The van der Waals surface area contributed by atoms with Crippen molar-refractivity contribution in [3.05, 3.63) is 0 Å². The third-order valence-electron chi connectivity index (χ3n) is 2.67. The predicted molar refractivity (Wildman–Crippen MR) is 60.5 cm³/mol. The number of ether oxygens (including phenoxy) is 2. The van der Waals surface area contributed by atoms with Gasteiger partial charge < -0.3 is 29.9 Å². The molecule has 0 aromatic rings. The molecule has 5 N–H and O–H groups in total. The van der Waals surface area contributed by atoms with Crippen molar-refractivity contribution >= 4 is 10.1 Å². The topological polar surface area (TPSA) is 154 Å². The second kappa shape index (κ2) is 5.58. The van der Waals surface area contributed by atoms with Crippen molar-refractivity contribution in [2.24, 2.45) is 0 Å². The zero-order valence-electron chi connectivity index (χ0n) is 10.4. The Bertz CT molecular complexity index is 406. The molecule has 1 saturated heterocycles. The molecule has 1 heterocycles. The van der Waals surface area contributed by atoms with E-state index in [0.29, 0.717) is 0 Å². The molecule has 10 heteroatoms. The van der Waals surface area contributed by atoms with Gasteiger partial charge in [-0.05, 0) is 13.8 Å². The summed E-state index contributed by atoms with van der Waals surface area (Å²) in [5.74, 6) is 0. The van der Waals surface area contributed by atoms with Crippen LogP contribution in [0.5, 0.6) is 0 Å². The molecule has 0 aliphatic carbocycles. The predicted octanol–water partition coefficient (Wildman–Crippen LogP) is -2.57. The first kappa shape index (κ1) is 16.7. The lowest BCUT2D eigenvalue weighted by Gasteiger charge is -2.46. The first-order chi connectivity index (χ1) is 8.56. The highest BCUT2D eigenvalue weighted by Gasteiger charge is 2.62. The number of hydrogen-bond acceptors (Lipinski definition) is 8. The number of rotatable bonds is 4. The molecule has 9 nitrogen and oxygen atoms in total. The third-order valence-corrected chi connectivity index (χ3v) is 3.82. The summed E-state index contributed by atoms with van der Waals surface area (Å²) in [7, 11) is -5.11. The van der Waals surface area contributed by atoms with Crippen LogP contribution in [-0.2, 0) is 19.6 Å². The van der Waals surface area contributed by atoms with Gasteiger partial charge in [-0.1, -0.05) is 0 Å². The van der Waals surface area contributed by atoms with Crippen molar-refractivity contribution in [3.8, 4) is 0 Å². The first-order valence-electron chi connectivity index (χ1n) is 5.54. The summed E-state index contributed by atoms with van der Waals surface area (Å²) >= 11 is 0. The quantitative estimate of drug-likeness (QED) is 0.352. The van der Waals surface area contributed by atoms with Crippen molar-refractivity contribution in [3.63, 3.8) is 0 Å². The summed E-state index contributed by atoms with van der Waals surface area (Å²) in [6, 6.07) is 0. The van der Waals surface area contributed by atoms with Gasteiger partial charge in [0.1, 0.15) is 18.3 Å². The molecule has 5 atom stereocenters. The molecule has 1 aliphatic heterocycles. The highest BCUT2D eigenvalue weighted by molar-refractivity contribution is 7.87. The zero-order valence-corrected chi connectivity index (χ0v) is 11.2. The van der Waals surface area contributed by atoms with E-state index in [-0.39, 0.29) is 0 Å². The van der Waals surface area contributed by atoms with E-state index in [4.69, 9.17) is 14.6 Å². The fourth-order valence-corrected chi connectivity index (χ4v) is 2.82. The number of aliphatic hydroxyl groups is 4. The molecule has 0 aromatic carbocycles. The lowest BCUT2D eigenvalue weighted by Crippen LogP contribution is -2.69. The molecular weight excluding hydrogens is 284 g/mol. The van der Waals surface area contributed by atoms with Crippen LogP contribution in [0.4, 0.5) is 0 Å². The number of aliphatic hydroxyl groups excluding tert-OH is 4. The highest BCUT2D eigenvalue weighted by atomic mass is 32.2. The minimum atomic E-state index is -5.11. The van der Waals surface area contributed by atoms with E-state index in [0.717, 1.165) is 0 Å². The monoisotopic (exact) mass is 302 g/mol. The van der Waals surface area contributed by atoms with Crippen LogP contribution in [0.2, 0.25) is 0 Å². The summed E-state index contributed by atoms with van der Waals surface area (Å²) < 4.78 is 41.8. The molecular formula is C9H18O9S. The molecule has 0 saturated carbocycles. The molecule has 0 radical (unpaired) electrons. The first-order valence-corrected chi connectivity index (χ1v) is 6.98. The molecule has 0 bridgehead atoms. The smallest absolute Gasteiger partial charge is 0.330 e. The van der Waals surface area contributed by atoms with E-state index in [1.165, 1.54) is 13.8 Å². The third kappa shape index (κ3) is 2.90. The average Bonchev–Trinajstić information content (AvgIpc) is 2.28. The molecule has 0 spiro atoms. The lowest BCUT2D eigenvalue weighted by atomic mass is 9.99. The fraction of sp³-hybridized carbons (Fsp3) is 1.00. The zero-order chi connectivity index (χ0) is 15.0. The van der Waals surface area contributed by atoms with E-state index in [1.807, 2.05) is 0 Å². The van der Waals surface area contributed by atoms with Crippen LogP contribution in [0.15, 0.2) is 0 Å². The Balaban J connectivity index is 3.28. The molecule has 1 fully saturated rings. The van der Waals surface area contributed by atoms with Gasteiger partial charge in [0.15, 0.2) is 6.10 Å². The van der Waals surface area contributed by atoms with E-state index in [9.17, 15) is 28.3 Å². The Morgan fingerprint density at radius 3 is 2.16 bits per heavy atom. The van der Waals surface area contributed by atoms with E-state index in [2.05, 4.69) is 0 Å². The molecule has 0 aromatic heterocycles. The van der Waals surface area contributed by atoms with Crippen molar-refractivity contribution in [1.29, 1.82) is 0 Å². The minimum absolute atomic E-state index is 0.793.